The van der Waals surface area contributed by atoms with Crippen molar-refractivity contribution in [1.29, 1.82) is 0 Å². The first-order chi connectivity index (χ1) is 10.6. The van der Waals surface area contributed by atoms with E-state index in [0.29, 0.717) is 12.1 Å². The Kier molecular flexibility index (Phi) is 4.19. The maximum atomic E-state index is 6.36. The van der Waals surface area contributed by atoms with Gasteiger partial charge in [-0.15, -0.1) is 0 Å². The van der Waals surface area contributed by atoms with Crippen molar-refractivity contribution in [1.82, 2.24) is 5.32 Å². The molecule has 1 atom stereocenters. The van der Waals surface area contributed by atoms with E-state index < -0.39 is 0 Å². The average Bonchev–Trinajstić information content (AvgIpc) is 2.46. The van der Waals surface area contributed by atoms with Crippen LogP contribution >= 0.6 is 0 Å². The summed E-state index contributed by atoms with van der Waals surface area (Å²) in [7, 11) is 4.04. The highest BCUT2D eigenvalue weighted by molar-refractivity contribution is 5.75. The SMILES string of the molecule is CN/C=C(\N)c1ccc2c(c1OC1CCC1)CCC(C)N2C. The van der Waals surface area contributed by atoms with Gasteiger partial charge in [-0.3, -0.25) is 0 Å². The lowest BCUT2D eigenvalue weighted by atomic mass is 9.92. The number of hydrogen-bond donors (Lipinski definition) is 2. The molecule has 1 aromatic rings. The van der Waals surface area contributed by atoms with Gasteiger partial charge in [0.15, 0.2) is 0 Å². The monoisotopic (exact) mass is 301 g/mol. The maximum absolute atomic E-state index is 6.36. The summed E-state index contributed by atoms with van der Waals surface area (Å²) in [5.74, 6) is 1.00. The molecule has 4 heteroatoms. The molecule has 120 valence electrons. The van der Waals surface area contributed by atoms with Crippen molar-refractivity contribution in [3.05, 3.63) is 29.5 Å². The van der Waals surface area contributed by atoms with E-state index in [4.69, 9.17) is 10.5 Å². The molecule has 1 saturated carbocycles. The van der Waals surface area contributed by atoms with Gasteiger partial charge in [-0.2, -0.15) is 0 Å². The summed E-state index contributed by atoms with van der Waals surface area (Å²) in [4.78, 5) is 2.36. The van der Waals surface area contributed by atoms with Crippen molar-refractivity contribution in [3.8, 4) is 5.75 Å². The number of nitrogens with two attached hydrogens (primary N) is 1. The average molecular weight is 301 g/mol. The van der Waals surface area contributed by atoms with Crippen LogP contribution in [0.5, 0.6) is 5.75 Å². The molecule has 0 saturated heterocycles. The number of benzene rings is 1. The molecule has 3 rings (SSSR count). The third kappa shape index (κ3) is 2.62. The van der Waals surface area contributed by atoms with Crippen LogP contribution in [0.25, 0.3) is 5.70 Å². The lowest BCUT2D eigenvalue weighted by Crippen LogP contribution is -2.34. The van der Waals surface area contributed by atoms with Crippen LogP contribution < -0.4 is 20.7 Å². The molecular formula is C18H27N3O. The second-order valence-corrected chi connectivity index (χ2v) is 6.50. The van der Waals surface area contributed by atoms with Crippen molar-refractivity contribution in [2.45, 2.75) is 51.2 Å². The molecular weight excluding hydrogens is 274 g/mol. The molecule has 1 fully saturated rings. The topological polar surface area (TPSA) is 50.5 Å². The van der Waals surface area contributed by atoms with E-state index in [1.165, 1.54) is 17.7 Å². The predicted octanol–water partition coefficient (Wildman–Crippen LogP) is 2.87. The van der Waals surface area contributed by atoms with Crippen molar-refractivity contribution >= 4 is 11.4 Å². The predicted molar refractivity (Wildman–Crippen MR) is 92.1 cm³/mol. The lowest BCUT2D eigenvalue weighted by Gasteiger charge is -2.37. The standard InChI is InChI=1S/C18H27N3O/c1-12-7-8-15-17(21(12)3)10-9-14(16(19)11-20-2)18(15)22-13-5-4-6-13/h9-13,20H,4-8,19H2,1-3H3/b16-11-. The van der Waals surface area contributed by atoms with Crippen LogP contribution in [0.2, 0.25) is 0 Å². The Morgan fingerprint density at radius 3 is 2.77 bits per heavy atom. The molecule has 0 aromatic heterocycles. The maximum Gasteiger partial charge on any atom is 0.134 e. The second kappa shape index (κ2) is 6.11. The fourth-order valence-corrected chi connectivity index (χ4v) is 3.22. The molecule has 22 heavy (non-hydrogen) atoms. The molecule has 0 amide bonds. The highest BCUT2D eigenvalue weighted by atomic mass is 16.5. The van der Waals surface area contributed by atoms with E-state index in [2.05, 4.69) is 36.3 Å². The molecule has 4 nitrogen and oxygen atoms in total. The van der Waals surface area contributed by atoms with E-state index >= 15 is 0 Å². The fourth-order valence-electron chi connectivity index (χ4n) is 3.22. The Bertz CT molecular complexity index is 578. The minimum absolute atomic E-state index is 0.359. The molecule has 2 aliphatic rings. The fraction of sp³-hybridized carbons (Fsp3) is 0.556. The normalized spacial score (nSPS) is 22.0. The number of fused-ring (bicyclic) bond motifs is 1. The minimum Gasteiger partial charge on any atom is -0.489 e. The van der Waals surface area contributed by atoms with Crippen molar-refractivity contribution < 1.29 is 4.74 Å². The molecule has 0 radical (unpaired) electrons. The first kappa shape index (κ1) is 15.1. The van der Waals surface area contributed by atoms with Gasteiger partial charge in [0.1, 0.15) is 5.75 Å². The number of anilines is 1. The number of rotatable bonds is 4. The molecule has 1 aliphatic heterocycles. The zero-order valence-electron chi connectivity index (χ0n) is 13.9. The number of nitrogens with one attached hydrogen (secondary N) is 1. The Hall–Kier alpha value is -1.84. The number of ether oxygens (including phenoxy) is 1. The smallest absolute Gasteiger partial charge is 0.134 e. The first-order valence-corrected chi connectivity index (χ1v) is 8.30. The molecule has 1 aliphatic carbocycles. The Morgan fingerprint density at radius 1 is 1.36 bits per heavy atom. The summed E-state index contributed by atoms with van der Waals surface area (Å²) < 4.78 is 6.36. The Labute approximate surface area is 133 Å². The van der Waals surface area contributed by atoms with Crippen LogP contribution in [0, 0.1) is 0 Å². The third-order valence-corrected chi connectivity index (χ3v) is 5.04. The van der Waals surface area contributed by atoms with Gasteiger partial charge in [-0.05, 0) is 51.2 Å². The quantitative estimate of drug-likeness (QED) is 0.898. The van der Waals surface area contributed by atoms with E-state index in [-0.39, 0.29) is 0 Å². The molecule has 3 N–H and O–H groups in total. The molecule has 0 bridgehead atoms. The number of hydrogen-bond acceptors (Lipinski definition) is 4. The van der Waals surface area contributed by atoms with Crippen LogP contribution in [0.1, 0.15) is 43.7 Å². The first-order valence-electron chi connectivity index (χ1n) is 8.30. The Balaban J connectivity index is 2.05. The second-order valence-electron chi connectivity index (χ2n) is 6.50. The van der Waals surface area contributed by atoms with Gasteiger partial charge in [-0.1, -0.05) is 0 Å². The molecule has 1 heterocycles. The van der Waals surface area contributed by atoms with E-state index in [0.717, 1.165) is 42.7 Å². The van der Waals surface area contributed by atoms with Crippen LogP contribution in [0.4, 0.5) is 5.69 Å². The summed E-state index contributed by atoms with van der Waals surface area (Å²) in [5.41, 5.74) is 10.6. The van der Waals surface area contributed by atoms with Gasteiger partial charge in [0.25, 0.3) is 0 Å². The van der Waals surface area contributed by atoms with Gasteiger partial charge < -0.3 is 20.7 Å². The zero-order valence-corrected chi connectivity index (χ0v) is 13.9. The van der Waals surface area contributed by atoms with Gasteiger partial charge in [0, 0.05) is 43.2 Å². The number of nitrogens with zero attached hydrogens (tertiary/aromatic N) is 1. The summed E-state index contributed by atoms with van der Waals surface area (Å²) in [5, 5.41) is 3.02. The van der Waals surface area contributed by atoms with Crippen LogP contribution in [0.15, 0.2) is 18.3 Å². The van der Waals surface area contributed by atoms with Gasteiger partial charge in [-0.25, -0.2) is 0 Å². The van der Waals surface area contributed by atoms with Crippen LogP contribution in [-0.4, -0.2) is 26.2 Å². The zero-order chi connectivity index (χ0) is 15.7. The van der Waals surface area contributed by atoms with E-state index in [9.17, 15) is 0 Å². The van der Waals surface area contributed by atoms with Gasteiger partial charge in [0.2, 0.25) is 0 Å². The van der Waals surface area contributed by atoms with Gasteiger partial charge >= 0.3 is 0 Å². The highest BCUT2D eigenvalue weighted by Crippen LogP contribution is 2.41. The molecule has 0 spiro atoms. The summed E-state index contributed by atoms with van der Waals surface area (Å²) in [6, 6.07) is 4.86. The largest absolute Gasteiger partial charge is 0.489 e. The van der Waals surface area contributed by atoms with Crippen molar-refractivity contribution in [2.75, 3.05) is 19.0 Å². The van der Waals surface area contributed by atoms with E-state index in [1.54, 1.807) is 0 Å². The third-order valence-electron chi connectivity index (χ3n) is 5.04. The Morgan fingerprint density at radius 2 is 2.14 bits per heavy atom. The summed E-state index contributed by atoms with van der Waals surface area (Å²) in [6.45, 7) is 2.28. The lowest BCUT2D eigenvalue weighted by molar-refractivity contribution is 0.118. The minimum atomic E-state index is 0.359. The van der Waals surface area contributed by atoms with Crippen molar-refractivity contribution in [2.24, 2.45) is 5.73 Å². The van der Waals surface area contributed by atoms with Crippen LogP contribution in [0.3, 0.4) is 0 Å². The molecule has 1 aromatic carbocycles. The summed E-state index contributed by atoms with van der Waals surface area (Å²) in [6.07, 6.45) is 8.00. The molecule has 1 unspecified atom stereocenters. The van der Waals surface area contributed by atoms with Crippen LogP contribution in [-0.2, 0) is 6.42 Å². The van der Waals surface area contributed by atoms with E-state index in [1.807, 2.05) is 13.2 Å². The van der Waals surface area contributed by atoms with Gasteiger partial charge in [0.05, 0.1) is 11.8 Å². The summed E-state index contributed by atoms with van der Waals surface area (Å²) >= 11 is 0. The van der Waals surface area contributed by atoms with Crippen molar-refractivity contribution in [3.63, 3.8) is 0 Å². The highest BCUT2D eigenvalue weighted by Gasteiger charge is 2.28.